The molecule has 0 spiro atoms. The Morgan fingerprint density at radius 3 is 2.42 bits per heavy atom. The molecule has 2 N–H and O–H groups in total. The number of hydrogen-bond donors (Lipinski definition) is 2. The van der Waals surface area contributed by atoms with E-state index in [4.69, 9.17) is 4.74 Å². The highest BCUT2D eigenvalue weighted by Gasteiger charge is 2.37. The molecule has 1 heterocycles. The number of guanidine groups is 1. The SMILES string of the molecule is CN=C(NCc1ccccc1F)NCC1(c2cccc(C(F)(F)F)c2)CCOCC1.I. The molecule has 9 heteroatoms. The van der Waals surface area contributed by atoms with Crippen LogP contribution < -0.4 is 10.6 Å². The summed E-state index contributed by atoms with van der Waals surface area (Å²) in [6.45, 7) is 1.57. The molecule has 4 nitrogen and oxygen atoms in total. The van der Waals surface area contributed by atoms with Crippen LogP contribution in [0.1, 0.15) is 29.5 Å². The molecule has 1 aliphatic heterocycles. The van der Waals surface area contributed by atoms with Crippen molar-refractivity contribution in [1.82, 2.24) is 10.6 Å². The van der Waals surface area contributed by atoms with Crippen LogP contribution >= 0.6 is 24.0 Å². The monoisotopic (exact) mass is 551 g/mol. The second kappa shape index (κ2) is 11.1. The van der Waals surface area contributed by atoms with Gasteiger partial charge >= 0.3 is 6.18 Å². The van der Waals surface area contributed by atoms with E-state index in [-0.39, 0.29) is 36.3 Å². The van der Waals surface area contributed by atoms with Gasteiger partial charge in [0.25, 0.3) is 0 Å². The summed E-state index contributed by atoms with van der Waals surface area (Å²) in [6.07, 6.45) is -3.22. The first-order valence-electron chi connectivity index (χ1n) is 9.77. The number of ether oxygens (including phenoxy) is 1. The van der Waals surface area contributed by atoms with Gasteiger partial charge in [-0.1, -0.05) is 36.4 Å². The number of rotatable bonds is 5. The van der Waals surface area contributed by atoms with Crippen LogP contribution in [-0.4, -0.2) is 32.8 Å². The highest BCUT2D eigenvalue weighted by molar-refractivity contribution is 14.0. The highest BCUT2D eigenvalue weighted by atomic mass is 127. The summed E-state index contributed by atoms with van der Waals surface area (Å²) in [4.78, 5) is 4.16. The van der Waals surface area contributed by atoms with Crippen LogP contribution in [-0.2, 0) is 22.9 Å². The number of nitrogens with zero attached hydrogens (tertiary/aromatic N) is 1. The molecule has 0 atom stereocenters. The minimum Gasteiger partial charge on any atom is -0.381 e. The van der Waals surface area contributed by atoms with Gasteiger partial charge in [0.2, 0.25) is 0 Å². The molecule has 0 saturated carbocycles. The number of hydrogen-bond acceptors (Lipinski definition) is 2. The third kappa shape index (κ3) is 6.55. The predicted molar refractivity (Wildman–Crippen MR) is 123 cm³/mol. The van der Waals surface area contributed by atoms with E-state index in [0.29, 0.717) is 49.7 Å². The van der Waals surface area contributed by atoms with Crippen molar-refractivity contribution in [2.24, 2.45) is 4.99 Å². The van der Waals surface area contributed by atoms with Gasteiger partial charge in [0.05, 0.1) is 5.56 Å². The van der Waals surface area contributed by atoms with E-state index >= 15 is 0 Å². The molecule has 2 aromatic carbocycles. The zero-order chi connectivity index (χ0) is 21.6. The molecular formula is C22H26F4IN3O. The molecule has 0 aliphatic carbocycles. The third-order valence-electron chi connectivity index (χ3n) is 5.47. The lowest BCUT2D eigenvalue weighted by Gasteiger charge is -2.38. The van der Waals surface area contributed by atoms with Crippen LogP contribution in [0.5, 0.6) is 0 Å². The topological polar surface area (TPSA) is 45.7 Å². The van der Waals surface area contributed by atoms with Crippen molar-refractivity contribution in [2.45, 2.75) is 31.0 Å². The molecule has 170 valence electrons. The maximum atomic E-state index is 13.8. The number of aliphatic imine (C=N–C) groups is 1. The maximum Gasteiger partial charge on any atom is 0.416 e. The zero-order valence-electron chi connectivity index (χ0n) is 17.1. The maximum absolute atomic E-state index is 13.8. The normalized spacial score (nSPS) is 16.4. The molecule has 0 bridgehead atoms. The molecule has 3 rings (SSSR count). The van der Waals surface area contributed by atoms with Crippen LogP contribution in [0.25, 0.3) is 0 Å². The van der Waals surface area contributed by atoms with Crippen LogP contribution in [0.15, 0.2) is 53.5 Å². The van der Waals surface area contributed by atoms with Crippen molar-refractivity contribution >= 4 is 29.9 Å². The molecule has 1 saturated heterocycles. The van der Waals surface area contributed by atoms with Crippen molar-refractivity contribution in [1.29, 1.82) is 0 Å². The standard InChI is InChI=1S/C22H25F4N3O.HI/c1-27-20(28-14-16-5-2-3-8-19(16)23)29-15-21(9-11-30-12-10-21)17-6-4-7-18(13-17)22(24,25)26;/h2-8,13H,9-12,14-15H2,1H3,(H2,27,28,29);1H. The summed E-state index contributed by atoms with van der Waals surface area (Å²) in [5, 5.41) is 6.26. The lowest BCUT2D eigenvalue weighted by atomic mass is 9.73. The van der Waals surface area contributed by atoms with Crippen molar-refractivity contribution < 1.29 is 22.3 Å². The molecule has 1 aliphatic rings. The second-order valence-corrected chi connectivity index (χ2v) is 7.34. The number of nitrogens with one attached hydrogen (secondary N) is 2. The van der Waals surface area contributed by atoms with E-state index in [2.05, 4.69) is 15.6 Å². The van der Waals surface area contributed by atoms with Crippen LogP contribution in [0.2, 0.25) is 0 Å². The summed E-state index contributed by atoms with van der Waals surface area (Å²) in [6, 6.07) is 11.9. The van der Waals surface area contributed by atoms with Gasteiger partial charge in [-0.25, -0.2) is 4.39 Å². The fourth-order valence-electron chi connectivity index (χ4n) is 3.65. The van der Waals surface area contributed by atoms with Gasteiger partial charge in [-0.05, 0) is 30.5 Å². The van der Waals surface area contributed by atoms with Crippen molar-refractivity contribution in [3.63, 3.8) is 0 Å². The van der Waals surface area contributed by atoms with Gasteiger partial charge in [0, 0.05) is 44.3 Å². The van der Waals surface area contributed by atoms with Crippen molar-refractivity contribution in [3.05, 3.63) is 71.0 Å². The molecule has 0 aromatic heterocycles. The number of halogens is 5. The Hall–Kier alpha value is -1.88. The summed E-state index contributed by atoms with van der Waals surface area (Å²) >= 11 is 0. The smallest absolute Gasteiger partial charge is 0.381 e. The van der Waals surface area contributed by atoms with Crippen LogP contribution in [0.3, 0.4) is 0 Å². The number of benzene rings is 2. The van der Waals surface area contributed by atoms with E-state index in [1.54, 1.807) is 31.3 Å². The minimum atomic E-state index is -4.40. The highest BCUT2D eigenvalue weighted by Crippen LogP contribution is 2.37. The van der Waals surface area contributed by atoms with Gasteiger partial charge in [-0.15, -0.1) is 24.0 Å². The third-order valence-corrected chi connectivity index (χ3v) is 5.47. The van der Waals surface area contributed by atoms with Gasteiger partial charge < -0.3 is 15.4 Å². The average Bonchev–Trinajstić information content (AvgIpc) is 2.75. The van der Waals surface area contributed by atoms with E-state index in [0.717, 1.165) is 6.07 Å². The van der Waals surface area contributed by atoms with E-state index in [1.165, 1.54) is 18.2 Å². The summed E-state index contributed by atoms with van der Waals surface area (Å²) in [5.74, 6) is 0.140. The Labute approximate surface area is 196 Å². The first-order chi connectivity index (χ1) is 14.3. The first-order valence-corrected chi connectivity index (χ1v) is 9.77. The van der Waals surface area contributed by atoms with Crippen LogP contribution in [0, 0.1) is 5.82 Å². The summed E-state index contributed by atoms with van der Waals surface area (Å²) in [5.41, 5.74) is -0.0560. The Balaban J connectivity index is 0.00000341. The molecule has 0 unspecified atom stereocenters. The van der Waals surface area contributed by atoms with Gasteiger partial charge in [0.15, 0.2) is 5.96 Å². The zero-order valence-corrected chi connectivity index (χ0v) is 19.5. The van der Waals surface area contributed by atoms with E-state index < -0.39 is 17.2 Å². The fourth-order valence-corrected chi connectivity index (χ4v) is 3.65. The quantitative estimate of drug-likeness (QED) is 0.241. The predicted octanol–water partition coefficient (Wildman–Crippen LogP) is 4.88. The molecule has 31 heavy (non-hydrogen) atoms. The fraction of sp³-hybridized carbons (Fsp3) is 0.409. The largest absolute Gasteiger partial charge is 0.416 e. The minimum absolute atomic E-state index is 0. The first kappa shape index (κ1) is 25.4. The average molecular weight is 551 g/mol. The van der Waals surface area contributed by atoms with Crippen molar-refractivity contribution in [2.75, 3.05) is 26.8 Å². The lowest BCUT2D eigenvalue weighted by molar-refractivity contribution is -0.137. The molecular weight excluding hydrogens is 525 g/mol. The Morgan fingerprint density at radius 2 is 1.77 bits per heavy atom. The number of alkyl halides is 3. The Morgan fingerprint density at radius 1 is 1.06 bits per heavy atom. The summed E-state index contributed by atoms with van der Waals surface area (Å²) in [7, 11) is 1.59. The second-order valence-electron chi connectivity index (χ2n) is 7.34. The lowest BCUT2D eigenvalue weighted by Crippen LogP contribution is -2.48. The van der Waals surface area contributed by atoms with E-state index in [1.807, 2.05) is 0 Å². The Kier molecular flexibility index (Phi) is 9.11. The summed E-state index contributed by atoms with van der Waals surface area (Å²) < 4.78 is 59.0. The van der Waals surface area contributed by atoms with Gasteiger partial charge in [-0.2, -0.15) is 13.2 Å². The molecule has 0 radical (unpaired) electrons. The van der Waals surface area contributed by atoms with Crippen molar-refractivity contribution in [3.8, 4) is 0 Å². The molecule has 1 fully saturated rings. The molecule has 2 aromatic rings. The van der Waals surface area contributed by atoms with Crippen LogP contribution in [0.4, 0.5) is 17.6 Å². The van der Waals surface area contributed by atoms with Gasteiger partial charge in [-0.3, -0.25) is 4.99 Å². The van der Waals surface area contributed by atoms with E-state index in [9.17, 15) is 17.6 Å². The Bertz CT molecular complexity index is 883. The van der Waals surface area contributed by atoms with Gasteiger partial charge in [0.1, 0.15) is 5.82 Å². The molecule has 0 amide bonds.